The standard InChI is InChI=1S/C25H26Cl2N2O4S/c1-16(2)18-9-10-23(33-3)24(12-18)34(31,32)29-22(11-17-7-5-4-6-8-17)25(30)28-21-14-19(26)13-20(27)15-21/h4-10,12-16,22,29H,11H2,1-3H3,(H,28,30). The number of sulfonamides is 1. The van der Waals surface area contributed by atoms with Gasteiger partial charge in [-0.3, -0.25) is 4.79 Å². The number of hydrogen-bond donors (Lipinski definition) is 2. The molecule has 3 aromatic rings. The topological polar surface area (TPSA) is 84.5 Å². The Morgan fingerprint density at radius 3 is 2.21 bits per heavy atom. The second-order valence-electron chi connectivity index (χ2n) is 8.08. The van der Waals surface area contributed by atoms with Crippen LogP contribution >= 0.6 is 23.2 Å². The lowest BCUT2D eigenvalue weighted by Crippen LogP contribution is -2.45. The molecule has 6 nitrogen and oxygen atoms in total. The number of rotatable bonds is 9. The maximum atomic E-state index is 13.4. The van der Waals surface area contributed by atoms with Crippen LogP contribution < -0.4 is 14.8 Å². The third-order valence-corrected chi connectivity index (χ3v) is 7.10. The van der Waals surface area contributed by atoms with E-state index in [9.17, 15) is 13.2 Å². The molecule has 180 valence electrons. The lowest BCUT2D eigenvalue weighted by atomic mass is 10.0. The predicted octanol–water partition coefficient (Wildman–Crippen LogP) is 5.65. The van der Waals surface area contributed by atoms with Crippen molar-refractivity contribution in [3.63, 3.8) is 0 Å². The highest BCUT2D eigenvalue weighted by Crippen LogP contribution is 2.28. The van der Waals surface area contributed by atoms with Crippen LogP contribution in [0.4, 0.5) is 5.69 Å². The fourth-order valence-corrected chi connectivity index (χ4v) is 5.33. The van der Waals surface area contributed by atoms with Crippen LogP contribution in [0.25, 0.3) is 0 Å². The monoisotopic (exact) mass is 520 g/mol. The number of carbonyl (C=O) groups is 1. The minimum Gasteiger partial charge on any atom is -0.495 e. The van der Waals surface area contributed by atoms with E-state index in [-0.39, 0.29) is 23.0 Å². The van der Waals surface area contributed by atoms with Crippen molar-refractivity contribution in [2.45, 2.75) is 37.1 Å². The minimum absolute atomic E-state index is 0.0298. The van der Waals surface area contributed by atoms with Crippen molar-refractivity contribution in [1.82, 2.24) is 4.72 Å². The molecule has 0 heterocycles. The van der Waals surface area contributed by atoms with Gasteiger partial charge in [0.1, 0.15) is 16.7 Å². The van der Waals surface area contributed by atoms with Gasteiger partial charge in [-0.2, -0.15) is 4.72 Å². The van der Waals surface area contributed by atoms with Crippen LogP contribution in [0.1, 0.15) is 30.9 Å². The number of amides is 1. The van der Waals surface area contributed by atoms with Crippen molar-refractivity contribution in [2.24, 2.45) is 0 Å². The van der Waals surface area contributed by atoms with E-state index in [1.54, 1.807) is 12.1 Å². The summed E-state index contributed by atoms with van der Waals surface area (Å²) in [6, 6.07) is 17.6. The van der Waals surface area contributed by atoms with Crippen molar-refractivity contribution in [2.75, 3.05) is 12.4 Å². The van der Waals surface area contributed by atoms with Gasteiger partial charge in [-0.05, 0) is 53.8 Å². The zero-order valence-corrected chi connectivity index (χ0v) is 21.3. The Hall–Kier alpha value is -2.58. The minimum atomic E-state index is -4.12. The van der Waals surface area contributed by atoms with Crippen LogP contribution in [0.5, 0.6) is 5.75 Å². The Morgan fingerprint density at radius 2 is 1.62 bits per heavy atom. The highest BCUT2D eigenvalue weighted by atomic mass is 35.5. The van der Waals surface area contributed by atoms with E-state index in [0.29, 0.717) is 15.7 Å². The highest BCUT2D eigenvalue weighted by molar-refractivity contribution is 7.89. The molecule has 0 spiro atoms. The molecular weight excluding hydrogens is 495 g/mol. The van der Waals surface area contributed by atoms with Gasteiger partial charge in [-0.1, -0.05) is 73.4 Å². The molecule has 0 radical (unpaired) electrons. The number of hydrogen-bond acceptors (Lipinski definition) is 4. The summed E-state index contributed by atoms with van der Waals surface area (Å²) in [5.74, 6) is -0.252. The third kappa shape index (κ3) is 6.73. The zero-order chi connectivity index (χ0) is 24.9. The summed E-state index contributed by atoms with van der Waals surface area (Å²) in [6.45, 7) is 3.93. The second kappa shape index (κ2) is 11.2. The first-order valence-corrected chi connectivity index (χ1v) is 12.8. The Labute approximate surface area is 210 Å². The average Bonchev–Trinajstić information content (AvgIpc) is 2.78. The number of halogens is 2. The maximum Gasteiger partial charge on any atom is 0.245 e. The molecule has 3 aromatic carbocycles. The quantitative estimate of drug-likeness (QED) is 0.381. The molecule has 3 rings (SSSR count). The van der Waals surface area contributed by atoms with Gasteiger partial charge in [-0.25, -0.2) is 8.42 Å². The first-order valence-electron chi connectivity index (χ1n) is 10.6. The van der Waals surface area contributed by atoms with E-state index < -0.39 is 22.0 Å². The van der Waals surface area contributed by atoms with Crippen LogP contribution in [-0.4, -0.2) is 27.5 Å². The fraction of sp³-hybridized carbons (Fsp3) is 0.240. The summed E-state index contributed by atoms with van der Waals surface area (Å²) in [5, 5.41) is 3.40. The lowest BCUT2D eigenvalue weighted by molar-refractivity contribution is -0.117. The zero-order valence-electron chi connectivity index (χ0n) is 19.0. The smallest absolute Gasteiger partial charge is 0.245 e. The Bertz CT molecular complexity index is 1240. The van der Waals surface area contributed by atoms with Gasteiger partial charge in [0.15, 0.2) is 0 Å². The molecule has 1 atom stereocenters. The van der Waals surface area contributed by atoms with Crippen LogP contribution in [0.2, 0.25) is 10.0 Å². The SMILES string of the molecule is COc1ccc(C(C)C)cc1S(=O)(=O)NC(Cc1ccccc1)C(=O)Nc1cc(Cl)cc(Cl)c1. The Kier molecular flexibility index (Phi) is 8.60. The van der Waals surface area contributed by atoms with Crippen molar-refractivity contribution < 1.29 is 17.9 Å². The summed E-state index contributed by atoms with van der Waals surface area (Å²) >= 11 is 12.1. The van der Waals surface area contributed by atoms with E-state index in [0.717, 1.165) is 11.1 Å². The molecule has 0 aliphatic heterocycles. The number of nitrogens with one attached hydrogen (secondary N) is 2. The predicted molar refractivity (Wildman–Crippen MR) is 136 cm³/mol. The first-order chi connectivity index (χ1) is 16.1. The van der Waals surface area contributed by atoms with Crippen molar-refractivity contribution in [3.05, 3.63) is 87.9 Å². The number of carbonyl (C=O) groups excluding carboxylic acids is 1. The van der Waals surface area contributed by atoms with Crippen molar-refractivity contribution in [1.29, 1.82) is 0 Å². The number of ether oxygens (including phenoxy) is 1. The van der Waals surface area contributed by atoms with E-state index in [1.165, 1.54) is 25.3 Å². The highest BCUT2D eigenvalue weighted by Gasteiger charge is 2.29. The van der Waals surface area contributed by atoms with Crippen LogP contribution in [0.3, 0.4) is 0 Å². The Balaban J connectivity index is 1.96. The van der Waals surface area contributed by atoms with Gasteiger partial charge in [0.2, 0.25) is 15.9 Å². The van der Waals surface area contributed by atoms with Crippen LogP contribution in [0.15, 0.2) is 71.6 Å². The number of benzene rings is 3. The molecule has 9 heteroatoms. The normalized spacial score (nSPS) is 12.4. The van der Waals surface area contributed by atoms with E-state index in [4.69, 9.17) is 27.9 Å². The van der Waals surface area contributed by atoms with Crippen molar-refractivity contribution >= 4 is 44.8 Å². The van der Waals surface area contributed by atoms with Gasteiger partial charge in [0.25, 0.3) is 0 Å². The van der Waals surface area contributed by atoms with Gasteiger partial charge >= 0.3 is 0 Å². The molecule has 0 saturated carbocycles. The molecule has 34 heavy (non-hydrogen) atoms. The molecule has 2 N–H and O–H groups in total. The van der Waals surface area contributed by atoms with Gasteiger partial charge in [0, 0.05) is 15.7 Å². The Morgan fingerprint density at radius 1 is 0.971 bits per heavy atom. The molecule has 1 unspecified atom stereocenters. The van der Waals surface area contributed by atoms with Gasteiger partial charge in [0.05, 0.1) is 7.11 Å². The molecule has 0 bridgehead atoms. The number of methoxy groups -OCH3 is 1. The largest absolute Gasteiger partial charge is 0.495 e. The van der Waals surface area contributed by atoms with Gasteiger partial charge in [-0.15, -0.1) is 0 Å². The number of anilines is 1. The van der Waals surface area contributed by atoms with E-state index >= 15 is 0 Å². The van der Waals surface area contributed by atoms with Crippen LogP contribution in [-0.2, 0) is 21.2 Å². The van der Waals surface area contributed by atoms with Gasteiger partial charge < -0.3 is 10.1 Å². The fourth-order valence-electron chi connectivity index (χ4n) is 3.41. The third-order valence-electron chi connectivity index (χ3n) is 5.17. The maximum absolute atomic E-state index is 13.4. The summed E-state index contributed by atoms with van der Waals surface area (Å²) in [4.78, 5) is 13.2. The second-order valence-corrected chi connectivity index (χ2v) is 10.6. The molecule has 0 aliphatic rings. The first kappa shape index (κ1) is 26.0. The summed E-state index contributed by atoms with van der Waals surface area (Å²) in [7, 11) is -2.72. The molecule has 0 fully saturated rings. The summed E-state index contributed by atoms with van der Waals surface area (Å²) in [6.07, 6.45) is 0.131. The lowest BCUT2D eigenvalue weighted by Gasteiger charge is -2.20. The molecule has 0 aliphatic carbocycles. The molecule has 0 saturated heterocycles. The average molecular weight is 521 g/mol. The van der Waals surface area contributed by atoms with E-state index in [2.05, 4.69) is 10.0 Å². The van der Waals surface area contributed by atoms with Crippen LogP contribution in [0, 0.1) is 0 Å². The summed E-state index contributed by atoms with van der Waals surface area (Å²) < 4.78 is 34.7. The summed E-state index contributed by atoms with van der Waals surface area (Å²) in [5.41, 5.74) is 1.98. The molecule has 0 aromatic heterocycles. The van der Waals surface area contributed by atoms with E-state index in [1.807, 2.05) is 50.2 Å². The molecule has 1 amide bonds. The molecular formula is C25H26Cl2N2O4S. The van der Waals surface area contributed by atoms with Crippen molar-refractivity contribution in [3.8, 4) is 5.75 Å².